The Morgan fingerprint density at radius 3 is 2.36 bits per heavy atom. The first-order valence-electron chi connectivity index (χ1n) is 12.7. The quantitative estimate of drug-likeness (QED) is 0.287. The zero-order valence-electron chi connectivity index (χ0n) is 22.2. The molecular formula is C29H24F3N7O3. The van der Waals surface area contributed by atoms with Crippen LogP contribution in [-0.4, -0.2) is 45.5 Å². The number of aromatic amines is 1. The number of hydrogen-bond donors (Lipinski definition) is 2. The van der Waals surface area contributed by atoms with Crippen LogP contribution in [0, 0.1) is 11.3 Å². The normalized spacial score (nSPS) is 11.4. The first kappa shape index (κ1) is 28.0. The number of aryl methyl sites for hydroxylation is 3. The number of hydrogen-bond acceptors (Lipinski definition) is 4. The van der Waals surface area contributed by atoms with Crippen LogP contribution in [0.2, 0.25) is 0 Å². The maximum absolute atomic E-state index is 13.2. The van der Waals surface area contributed by atoms with Crippen LogP contribution in [0.4, 0.5) is 13.2 Å². The van der Waals surface area contributed by atoms with Crippen LogP contribution in [0.5, 0.6) is 0 Å². The Balaban J connectivity index is 0.000000451. The largest absolute Gasteiger partial charge is 0.490 e. The predicted molar refractivity (Wildman–Crippen MR) is 149 cm³/mol. The van der Waals surface area contributed by atoms with Crippen LogP contribution in [0.1, 0.15) is 12.1 Å². The van der Waals surface area contributed by atoms with Crippen molar-refractivity contribution in [2.45, 2.75) is 25.7 Å². The molecule has 0 saturated carbocycles. The van der Waals surface area contributed by atoms with Gasteiger partial charge >= 0.3 is 17.8 Å². The lowest BCUT2D eigenvalue weighted by atomic mass is 10.1. The number of aromatic nitrogens is 6. The number of nitriles is 1. The Labute approximate surface area is 236 Å². The number of alkyl halides is 3. The van der Waals surface area contributed by atoms with Gasteiger partial charge in [0, 0.05) is 72.3 Å². The maximum Gasteiger partial charge on any atom is 0.490 e. The predicted octanol–water partition coefficient (Wildman–Crippen LogP) is 5.07. The fraction of sp³-hybridized carbons (Fsp3) is 0.172. The molecule has 214 valence electrons. The molecule has 0 aliphatic carbocycles. The van der Waals surface area contributed by atoms with E-state index in [1.54, 1.807) is 10.8 Å². The third kappa shape index (κ3) is 5.29. The lowest BCUT2D eigenvalue weighted by Crippen LogP contribution is -2.21. The SMILES string of the molecule is Cn1cc(-n2c(-c3cn(CCCn4ccnc4)c4ccccc34)c(C#N)[nH]c2=O)c2ccccc21.O=C(O)C(F)(F)F. The number of H-pyrrole nitrogens is 1. The highest BCUT2D eigenvalue weighted by atomic mass is 19.4. The Bertz CT molecular complexity index is 1990. The van der Waals surface area contributed by atoms with Gasteiger partial charge in [-0.15, -0.1) is 0 Å². The lowest BCUT2D eigenvalue weighted by Gasteiger charge is -2.07. The minimum atomic E-state index is -5.08. The molecule has 0 radical (unpaired) electrons. The molecule has 2 N–H and O–H groups in total. The van der Waals surface area contributed by atoms with Crippen molar-refractivity contribution in [3.63, 3.8) is 0 Å². The van der Waals surface area contributed by atoms with E-state index < -0.39 is 12.1 Å². The van der Waals surface area contributed by atoms with E-state index in [-0.39, 0.29) is 11.4 Å². The van der Waals surface area contributed by atoms with Gasteiger partial charge in [-0.2, -0.15) is 18.4 Å². The molecule has 42 heavy (non-hydrogen) atoms. The Morgan fingerprint density at radius 2 is 1.71 bits per heavy atom. The summed E-state index contributed by atoms with van der Waals surface area (Å²) in [6, 6.07) is 18.3. The fourth-order valence-corrected chi connectivity index (χ4v) is 4.96. The number of carboxylic acids is 1. The molecule has 0 saturated heterocycles. The van der Waals surface area contributed by atoms with Crippen LogP contribution >= 0.6 is 0 Å². The number of carbonyl (C=O) groups is 1. The van der Waals surface area contributed by atoms with Gasteiger partial charge in [-0.3, -0.25) is 9.55 Å². The van der Waals surface area contributed by atoms with Gasteiger partial charge < -0.3 is 18.8 Å². The first-order chi connectivity index (χ1) is 20.1. The average Bonchev–Trinajstić information content (AvgIpc) is 3.74. The number of halogens is 3. The topological polar surface area (TPSA) is 127 Å². The molecule has 0 bridgehead atoms. The summed E-state index contributed by atoms with van der Waals surface area (Å²) in [6.07, 6.45) is 5.40. The van der Waals surface area contributed by atoms with E-state index in [0.717, 1.165) is 52.6 Å². The number of rotatable bonds is 6. The number of imidazole rings is 2. The highest BCUT2D eigenvalue weighted by Crippen LogP contribution is 2.35. The molecule has 0 aliphatic heterocycles. The third-order valence-electron chi connectivity index (χ3n) is 6.78. The number of fused-ring (bicyclic) bond motifs is 2. The van der Waals surface area contributed by atoms with Crippen LogP contribution in [0.15, 0.2) is 84.4 Å². The average molecular weight is 576 g/mol. The maximum atomic E-state index is 13.2. The van der Waals surface area contributed by atoms with Crippen molar-refractivity contribution in [1.82, 2.24) is 28.2 Å². The van der Waals surface area contributed by atoms with Gasteiger partial charge in [0.1, 0.15) is 11.8 Å². The number of nitrogens with zero attached hydrogens (tertiary/aromatic N) is 6. The summed E-state index contributed by atoms with van der Waals surface area (Å²) < 4.78 is 39.6. The van der Waals surface area contributed by atoms with E-state index >= 15 is 0 Å². The number of nitrogens with one attached hydrogen (secondary N) is 1. The number of carboxylic acid groups (broad SMARTS) is 1. The molecule has 0 unspecified atom stereocenters. The number of aliphatic carboxylic acids is 1. The summed E-state index contributed by atoms with van der Waals surface area (Å²) in [5, 5.41) is 19.0. The van der Waals surface area contributed by atoms with Crippen LogP contribution in [0.3, 0.4) is 0 Å². The minimum Gasteiger partial charge on any atom is -0.475 e. The number of para-hydroxylation sites is 2. The van der Waals surface area contributed by atoms with Crippen LogP contribution < -0.4 is 5.69 Å². The van der Waals surface area contributed by atoms with Gasteiger partial charge in [-0.05, 0) is 18.6 Å². The molecular weight excluding hydrogens is 551 g/mol. The van der Waals surface area contributed by atoms with Crippen molar-refractivity contribution in [2.24, 2.45) is 7.05 Å². The Kier molecular flexibility index (Phi) is 7.45. The molecule has 10 nitrogen and oxygen atoms in total. The van der Waals surface area contributed by atoms with Gasteiger partial charge in [-0.1, -0.05) is 36.4 Å². The molecule has 0 spiro atoms. The molecule has 6 rings (SSSR count). The number of benzene rings is 2. The van der Waals surface area contributed by atoms with E-state index in [1.807, 2.05) is 72.8 Å². The van der Waals surface area contributed by atoms with Crippen LogP contribution in [-0.2, 0) is 24.9 Å². The lowest BCUT2D eigenvalue weighted by molar-refractivity contribution is -0.192. The molecule has 4 heterocycles. The third-order valence-corrected chi connectivity index (χ3v) is 6.78. The smallest absolute Gasteiger partial charge is 0.475 e. The zero-order chi connectivity index (χ0) is 30.0. The van der Waals surface area contributed by atoms with Crippen molar-refractivity contribution >= 4 is 27.8 Å². The molecule has 0 aliphatic rings. The van der Waals surface area contributed by atoms with E-state index in [1.165, 1.54) is 0 Å². The summed E-state index contributed by atoms with van der Waals surface area (Å²) in [6.45, 7) is 1.65. The molecule has 0 amide bonds. The fourth-order valence-electron chi connectivity index (χ4n) is 4.96. The second kappa shape index (κ2) is 11.2. The minimum absolute atomic E-state index is 0.254. The Hall–Kier alpha value is -5.51. The monoisotopic (exact) mass is 575 g/mol. The highest BCUT2D eigenvalue weighted by molar-refractivity contribution is 5.98. The summed E-state index contributed by atoms with van der Waals surface area (Å²) in [4.78, 5) is 29.0. The zero-order valence-corrected chi connectivity index (χ0v) is 22.2. The van der Waals surface area contributed by atoms with Crippen molar-refractivity contribution in [1.29, 1.82) is 5.26 Å². The Morgan fingerprint density at radius 1 is 1.05 bits per heavy atom. The molecule has 6 aromatic rings. The first-order valence-corrected chi connectivity index (χ1v) is 12.7. The van der Waals surface area contributed by atoms with Gasteiger partial charge in [-0.25, -0.2) is 14.6 Å². The van der Waals surface area contributed by atoms with Crippen LogP contribution in [0.25, 0.3) is 38.8 Å². The molecule has 4 aromatic heterocycles. The van der Waals surface area contributed by atoms with Crippen molar-refractivity contribution in [3.05, 3.63) is 95.8 Å². The second-order valence-corrected chi connectivity index (χ2v) is 9.45. The summed E-state index contributed by atoms with van der Waals surface area (Å²) in [5.41, 5.74) is 4.19. The van der Waals surface area contributed by atoms with Gasteiger partial charge in [0.25, 0.3) is 0 Å². The van der Waals surface area contributed by atoms with Crippen molar-refractivity contribution in [2.75, 3.05) is 0 Å². The summed E-state index contributed by atoms with van der Waals surface area (Å²) in [7, 11) is 1.96. The standard InChI is InChI=1S/C27H23N7O.C2HF3O2/c1-31-17-25(20-8-3-4-9-23(20)31)34-26(22(15-28)30-27(34)35)21-16-33(24-10-5-2-7-19(21)24)13-6-12-32-14-11-29-18-32;3-2(4,5)1(6)7/h2-5,7-11,14,16-18H,6,12-13H2,1H3,(H,30,35);(H,6,7). The van der Waals surface area contributed by atoms with Crippen molar-refractivity contribution < 1.29 is 23.1 Å². The molecule has 2 aromatic carbocycles. The van der Waals surface area contributed by atoms with E-state index in [9.17, 15) is 23.2 Å². The summed E-state index contributed by atoms with van der Waals surface area (Å²) >= 11 is 0. The van der Waals surface area contributed by atoms with E-state index in [4.69, 9.17) is 9.90 Å². The summed E-state index contributed by atoms with van der Waals surface area (Å²) in [5.74, 6) is -2.76. The van der Waals surface area contributed by atoms with Crippen molar-refractivity contribution in [3.8, 4) is 23.0 Å². The van der Waals surface area contributed by atoms with E-state index in [2.05, 4.69) is 37.4 Å². The van der Waals surface area contributed by atoms with Gasteiger partial charge in [0.15, 0.2) is 0 Å². The second-order valence-electron chi connectivity index (χ2n) is 9.45. The van der Waals surface area contributed by atoms with E-state index in [0.29, 0.717) is 5.69 Å². The molecule has 0 fully saturated rings. The van der Waals surface area contributed by atoms with Gasteiger partial charge in [0.05, 0.1) is 17.7 Å². The molecule has 0 atom stereocenters. The van der Waals surface area contributed by atoms with Gasteiger partial charge in [0.2, 0.25) is 0 Å². The molecule has 13 heteroatoms. The highest BCUT2D eigenvalue weighted by Gasteiger charge is 2.38.